The van der Waals surface area contributed by atoms with Gasteiger partial charge in [0, 0.05) is 44.0 Å². The van der Waals surface area contributed by atoms with Gasteiger partial charge in [0.15, 0.2) is 11.5 Å². The van der Waals surface area contributed by atoms with Gasteiger partial charge in [0.25, 0.3) is 0 Å². The van der Waals surface area contributed by atoms with E-state index in [1.54, 1.807) is 12.4 Å². The van der Waals surface area contributed by atoms with E-state index < -0.39 is 10.0 Å². The van der Waals surface area contributed by atoms with Gasteiger partial charge < -0.3 is 10.2 Å². The molecule has 2 saturated heterocycles. The van der Waals surface area contributed by atoms with Gasteiger partial charge in [-0.25, -0.2) is 17.7 Å². The summed E-state index contributed by atoms with van der Waals surface area (Å²) in [5, 5.41) is 15.1. The van der Waals surface area contributed by atoms with Crippen LogP contribution < -0.4 is 10.2 Å². The molecule has 3 aromatic rings. The molecule has 31 heavy (non-hydrogen) atoms. The predicted molar refractivity (Wildman–Crippen MR) is 117 cm³/mol. The maximum absolute atomic E-state index is 11.7. The number of hydrogen-bond donors (Lipinski definition) is 2. The summed E-state index contributed by atoms with van der Waals surface area (Å²) < 4.78 is 26.9. The molecule has 12 heteroatoms. The van der Waals surface area contributed by atoms with Crippen molar-refractivity contribution in [2.24, 2.45) is 0 Å². The number of aromatic nitrogens is 6. The lowest BCUT2D eigenvalue weighted by atomic mass is 10.1. The molecule has 11 nitrogen and oxygen atoms in total. The second kappa shape index (κ2) is 8.08. The van der Waals surface area contributed by atoms with Crippen LogP contribution in [0.2, 0.25) is 0 Å². The molecule has 0 spiro atoms. The van der Waals surface area contributed by atoms with Gasteiger partial charge in [-0.3, -0.25) is 5.10 Å². The normalized spacial score (nSPS) is 19.2. The van der Waals surface area contributed by atoms with Crippen LogP contribution in [0.5, 0.6) is 0 Å². The summed E-state index contributed by atoms with van der Waals surface area (Å²) in [6.45, 7) is 2.93. The van der Waals surface area contributed by atoms with Gasteiger partial charge >= 0.3 is 0 Å². The molecular weight excluding hydrogens is 418 g/mol. The molecule has 2 N–H and O–H groups in total. The van der Waals surface area contributed by atoms with E-state index >= 15 is 0 Å². The Kier molecular flexibility index (Phi) is 5.26. The number of sulfonamides is 1. The maximum atomic E-state index is 11.7. The Labute approximate surface area is 180 Å². The molecule has 2 fully saturated rings. The first-order valence-electron chi connectivity index (χ1n) is 10.7. The van der Waals surface area contributed by atoms with Crippen LogP contribution in [0.4, 0.5) is 11.8 Å². The quantitative estimate of drug-likeness (QED) is 0.603. The van der Waals surface area contributed by atoms with E-state index in [4.69, 9.17) is 10.1 Å². The van der Waals surface area contributed by atoms with Crippen LogP contribution in [-0.2, 0) is 10.0 Å². The second-order valence-electron chi connectivity index (χ2n) is 8.25. The Balaban J connectivity index is 1.44. The Morgan fingerprint density at radius 2 is 1.87 bits per heavy atom. The highest BCUT2D eigenvalue weighted by Gasteiger charge is 2.26. The molecule has 0 unspecified atom stereocenters. The highest BCUT2D eigenvalue weighted by Crippen LogP contribution is 2.31. The van der Waals surface area contributed by atoms with Crippen LogP contribution in [0.1, 0.15) is 32.1 Å². The monoisotopic (exact) mass is 445 g/mol. The molecule has 2 aliphatic rings. The predicted octanol–water partition coefficient (Wildman–Crippen LogP) is 1.34. The molecule has 0 amide bonds. The van der Waals surface area contributed by atoms with Crippen LogP contribution >= 0.6 is 0 Å². The Bertz CT molecular complexity index is 1140. The SMILES string of the molecule is CS(=O)(=O)N1CCC(Nc2nc3cnc(-c4cn[nH]c4)c(N4CCCCC4)n3n2)CC1. The zero-order chi connectivity index (χ0) is 21.4. The molecule has 0 atom stereocenters. The summed E-state index contributed by atoms with van der Waals surface area (Å²) in [5.74, 6) is 1.48. The number of piperidine rings is 2. The van der Waals surface area contributed by atoms with Crippen molar-refractivity contribution in [3.8, 4) is 11.3 Å². The average molecular weight is 446 g/mol. The first-order chi connectivity index (χ1) is 15.0. The van der Waals surface area contributed by atoms with Gasteiger partial charge in [0.2, 0.25) is 16.0 Å². The summed E-state index contributed by atoms with van der Waals surface area (Å²) >= 11 is 0. The summed E-state index contributed by atoms with van der Waals surface area (Å²) in [4.78, 5) is 11.7. The van der Waals surface area contributed by atoms with Gasteiger partial charge in [0.05, 0.1) is 18.6 Å². The minimum Gasteiger partial charge on any atom is -0.355 e. The molecule has 0 aliphatic carbocycles. The van der Waals surface area contributed by atoms with Crippen molar-refractivity contribution < 1.29 is 8.42 Å². The third-order valence-corrected chi connectivity index (χ3v) is 7.34. The van der Waals surface area contributed by atoms with Crippen molar-refractivity contribution in [2.45, 2.75) is 38.1 Å². The molecule has 5 heterocycles. The fourth-order valence-electron chi connectivity index (χ4n) is 4.39. The number of hydrogen-bond acceptors (Lipinski definition) is 8. The molecule has 5 rings (SSSR count). The summed E-state index contributed by atoms with van der Waals surface area (Å²) in [6, 6.07) is 0.134. The van der Waals surface area contributed by atoms with Crippen molar-refractivity contribution in [3.63, 3.8) is 0 Å². The van der Waals surface area contributed by atoms with Gasteiger partial charge in [-0.05, 0) is 32.1 Å². The first-order valence-corrected chi connectivity index (χ1v) is 12.6. The summed E-state index contributed by atoms with van der Waals surface area (Å²) in [6.07, 6.45) is 11.6. The number of nitrogens with zero attached hydrogens (tertiary/aromatic N) is 7. The number of anilines is 2. The number of H-pyrrole nitrogens is 1. The molecule has 0 saturated carbocycles. The zero-order valence-electron chi connectivity index (χ0n) is 17.5. The van der Waals surface area contributed by atoms with Gasteiger partial charge in [-0.2, -0.15) is 14.6 Å². The van der Waals surface area contributed by atoms with Crippen LogP contribution in [-0.4, -0.2) is 81.0 Å². The average Bonchev–Trinajstić information content (AvgIpc) is 3.43. The number of rotatable bonds is 5. The molecule has 0 aromatic carbocycles. The molecule has 166 valence electrons. The van der Waals surface area contributed by atoms with E-state index in [1.807, 2.05) is 10.7 Å². The lowest BCUT2D eigenvalue weighted by molar-refractivity contribution is 0.331. The molecule has 0 bridgehead atoms. The lowest BCUT2D eigenvalue weighted by Gasteiger charge is -2.30. The number of fused-ring (bicyclic) bond motifs is 1. The Hall–Kier alpha value is -2.73. The van der Waals surface area contributed by atoms with Gasteiger partial charge in [-0.1, -0.05) is 0 Å². The summed E-state index contributed by atoms with van der Waals surface area (Å²) in [5.41, 5.74) is 2.44. The van der Waals surface area contributed by atoms with Crippen LogP contribution in [0, 0.1) is 0 Å². The highest BCUT2D eigenvalue weighted by molar-refractivity contribution is 7.88. The maximum Gasteiger partial charge on any atom is 0.243 e. The van der Waals surface area contributed by atoms with Crippen LogP contribution in [0.15, 0.2) is 18.6 Å². The van der Waals surface area contributed by atoms with Crippen molar-refractivity contribution in [3.05, 3.63) is 18.6 Å². The van der Waals surface area contributed by atoms with E-state index in [-0.39, 0.29) is 6.04 Å². The highest BCUT2D eigenvalue weighted by atomic mass is 32.2. The Morgan fingerprint density at radius 1 is 1.10 bits per heavy atom. The number of nitrogens with one attached hydrogen (secondary N) is 2. The largest absolute Gasteiger partial charge is 0.355 e. The molecular formula is C19H27N9O2S. The molecule has 3 aromatic heterocycles. The summed E-state index contributed by atoms with van der Waals surface area (Å²) in [7, 11) is -3.14. The second-order valence-corrected chi connectivity index (χ2v) is 10.2. The van der Waals surface area contributed by atoms with Crippen LogP contribution in [0.3, 0.4) is 0 Å². The lowest BCUT2D eigenvalue weighted by Crippen LogP contribution is -2.42. The van der Waals surface area contributed by atoms with Crippen molar-refractivity contribution in [1.82, 2.24) is 34.1 Å². The third kappa shape index (κ3) is 4.09. The standard InChI is InChI=1S/C19H27N9O2S/c1-31(29,30)27-9-5-15(6-10-27)23-19-24-16-13-20-17(14-11-21-22-12-14)18(28(16)25-19)26-7-3-2-4-8-26/h11-13,15H,2-10H2,1H3,(H,21,22)(H,23,25). The number of aromatic amines is 1. The Morgan fingerprint density at radius 3 is 2.55 bits per heavy atom. The van der Waals surface area contributed by atoms with Crippen LogP contribution in [0.25, 0.3) is 16.9 Å². The zero-order valence-corrected chi connectivity index (χ0v) is 18.3. The first kappa shape index (κ1) is 20.2. The molecule has 0 radical (unpaired) electrons. The van der Waals surface area contributed by atoms with Crippen molar-refractivity contribution in [2.75, 3.05) is 42.7 Å². The fraction of sp³-hybridized carbons (Fsp3) is 0.579. The van der Waals surface area contributed by atoms with Crippen molar-refractivity contribution >= 4 is 27.4 Å². The van der Waals surface area contributed by atoms with Gasteiger partial charge in [-0.15, -0.1) is 5.10 Å². The minimum atomic E-state index is -3.14. The topological polar surface area (TPSA) is 124 Å². The van der Waals surface area contributed by atoms with E-state index in [0.717, 1.165) is 55.8 Å². The van der Waals surface area contributed by atoms with E-state index in [1.165, 1.54) is 17.0 Å². The third-order valence-electron chi connectivity index (χ3n) is 6.04. The molecule has 2 aliphatic heterocycles. The minimum absolute atomic E-state index is 0.134. The van der Waals surface area contributed by atoms with E-state index in [2.05, 4.69) is 25.4 Å². The van der Waals surface area contributed by atoms with Crippen molar-refractivity contribution in [1.29, 1.82) is 0 Å². The van der Waals surface area contributed by atoms with Gasteiger partial charge in [0.1, 0.15) is 5.69 Å². The smallest absolute Gasteiger partial charge is 0.243 e. The fourth-order valence-corrected chi connectivity index (χ4v) is 5.27. The van der Waals surface area contributed by atoms with E-state index in [0.29, 0.717) is 24.7 Å². The van der Waals surface area contributed by atoms with E-state index in [9.17, 15) is 8.42 Å².